The van der Waals surface area contributed by atoms with Crippen LogP contribution in [0.2, 0.25) is 0 Å². The fourth-order valence-corrected chi connectivity index (χ4v) is 2.46. The molecule has 16 heavy (non-hydrogen) atoms. The third-order valence-corrected chi connectivity index (χ3v) is 3.35. The van der Waals surface area contributed by atoms with Crippen molar-refractivity contribution < 1.29 is 19.0 Å². The number of hydrogen-bond acceptors (Lipinski definition) is 4. The van der Waals surface area contributed by atoms with E-state index in [0.717, 1.165) is 6.42 Å². The quantitative estimate of drug-likeness (QED) is 0.546. The van der Waals surface area contributed by atoms with Gasteiger partial charge in [0.1, 0.15) is 6.10 Å². The Morgan fingerprint density at radius 1 is 1.31 bits per heavy atom. The van der Waals surface area contributed by atoms with Gasteiger partial charge in [-0.1, -0.05) is 20.8 Å². The molecule has 1 aliphatic heterocycles. The maximum atomic E-state index is 11.5. The summed E-state index contributed by atoms with van der Waals surface area (Å²) >= 11 is 0. The maximum absolute atomic E-state index is 11.5. The summed E-state index contributed by atoms with van der Waals surface area (Å²) in [5.41, 5.74) is 0. The Morgan fingerprint density at radius 3 is 2.38 bits per heavy atom. The molecule has 94 valence electrons. The normalized spacial score (nSPS) is 32.6. The molecule has 0 aromatic heterocycles. The van der Waals surface area contributed by atoms with Crippen molar-refractivity contribution in [3.05, 3.63) is 0 Å². The number of hydrogen-bond donors (Lipinski definition) is 0. The third-order valence-electron chi connectivity index (χ3n) is 3.35. The minimum atomic E-state index is -0.325. The highest BCUT2D eigenvalue weighted by molar-refractivity contribution is 5.73. The summed E-state index contributed by atoms with van der Waals surface area (Å²) < 4.78 is 15.9. The van der Waals surface area contributed by atoms with Crippen molar-refractivity contribution in [3.63, 3.8) is 0 Å². The molecule has 0 amide bonds. The number of ether oxygens (including phenoxy) is 3. The molecule has 0 aromatic carbocycles. The van der Waals surface area contributed by atoms with E-state index in [1.807, 2.05) is 13.8 Å². The molecule has 0 radical (unpaired) electrons. The van der Waals surface area contributed by atoms with Crippen molar-refractivity contribution in [2.75, 3.05) is 14.2 Å². The van der Waals surface area contributed by atoms with Crippen molar-refractivity contribution in [1.82, 2.24) is 0 Å². The lowest BCUT2D eigenvalue weighted by Crippen LogP contribution is -2.44. The Kier molecular flexibility index (Phi) is 4.74. The lowest BCUT2D eigenvalue weighted by Gasteiger charge is -2.37. The minimum absolute atomic E-state index is 0.00184. The van der Waals surface area contributed by atoms with Gasteiger partial charge in [-0.05, 0) is 12.3 Å². The van der Waals surface area contributed by atoms with Gasteiger partial charge in [0, 0.05) is 20.1 Å². The van der Waals surface area contributed by atoms with Crippen LogP contribution in [0, 0.1) is 17.8 Å². The smallest absolute Gasteiger partial charge is 0.308 e. The maximum Gasteiger partial charge on any atom is 0.308 e. The zero-order chi connectivity index (χ0) is 12.3. The fraction of sp³-hybridized carbons (Fsp3) is 0.917. The first-order valence-electron chi connectivity index (χ1n) is 5.77. The largest absolute Gasteiger partial charge is 0.461 e. The van der Waals surface area contributed by atoms with Crippen LogP contribution < -0.4 is 0 Å². The summed E-state index contributed by atoms with van der Waals surface area (Å²) in [6.07, 6.45) is 0.427. The van der Waals surface area contributed by atoms with Crippen LogP contribution >= 0.6 is 0 Å². The Hall–Kier alpha value is -0.610. The van der Waals surface area contributed by atoms with Crippen molar-refractivity contribution in [2.45, 2.75) is 39.6 Å². The van der Waals surface area contributed by atoms with Gasteiger partial charge in [-0.3, -0.25) is 4.79 Å². The molecular weight excluding hydrogens is 208 g/mol. The summed E-state index contributed by atoms with van der Waals surface area (Å²) in [5, 5.41) is 0. The van der Waals surface area contributed by atoms with Crippen LogP contribution in [-0.2, 0) is 19.0 Å². The van der Waals surface area contributed by atoms with Gasteiger partial charge >= 0.3 is 5.97 Å². The predicted molar refractivity (Wildman–Crippen MR) is 59.8 cm³/mol. The molecule has 0 saturated carbocycles. The first-order valence-corrected chi connectivity index (χ1v) is 5.77. The number of carbonyl (C=O) groups is 1. The zero-order valence-corrected chi connectivity index (χ0v) is 10.7. The Balaban J connectivity index is 2.68. The predicted octanol–water partition coefficient (Wildman–Crippen LogP) is 1.83. The van der Waals surface area contributed by atoms with Gasteiger partial charge in [-0.15, -0.1) is 0 Å². The van der Waals surface area contributed by atoms with Crippen LogP contribution in [0.1, 0.15) is 27.2 Å². The molecule has 0 unspecified atom stereocenters. The summed E-state index contributed by atoms with van der Waals surface area (Å²) in [4.78, 5) is 11.5. The van der Waals surface area contributed by atoms with Crippen molar-refractivity contribution in [1.29, 1.82) is 0 Å². The molecule has 0 aromatic rings. The van der Waals surface area contributed by atoms with E-state index in [0.29, 0.717) is 5.92 Å². The van der Waals surface area contributed by atoms with Crippen LogP contribution in [0.4, 0.5) is 0 Å². The van der Waals surface area contributed by atoms with E-state index in [4.69, 9.17) is 14.2 Å². The van der Waals surface area contributed by atoms with Gasteiger partial charge in [0.05, 0.1) is 5.92 Å². The van der Waals surface area contributed by atoms with E-state index in [1.165, 1.54) is 0 Å². The molecule has 1 rings (SSSR count). The number of methoxy groups -OCH3 is 2. The van der Waals surface area contributed by atoms with Crippen molar-refractivity contribution >= 4 is 5.97 Å². The number of carbonyl (C=O) groups excluding carboxylic acids is 1. The number of cyclic esters (lactones) is 1. The van der Waals surface area contributed by atoms with Gasteiger partial charge in [-0.25, -0.2) is 0 Å². The second kappa shape index (κ2) is 5.64. The summed E-state index contributed by atoms with van der Waals surface area (Å²) in [6.45, 7) is 6.00. The molecule has 0 N–H and O–H groups in total. The molecule has 1 aliphatic rings. The number of rotatable bonds is 4. The molecule has 0 bridgehead atoms. The summed E-state index contributed by atoms with van der Waals surface area (Å²) in [5.74, 6) is 0.278. The summed E-state index contributed by atoms with van der Waals surface area (Å²) in [7, 11) is 3.20. The van der Waals surface area contributed by atoms with Gasteiger partial charge in [0.2, 0.25) is 0 Å². The molecule has 1 saturated heterocycles. The second-order valence-electron chi connectivity index (χ2n) is 4.71. The first-order chi connectivity index (χ1) is 7.51. The summed E-state index contributed by atoms with van der Waals surface area (Å²) in [6, 6.07) is 0. The molecule has 0 aliphatic carbocycles. The van der Waals surface area contributed by atoms with Crippen molar-refractivity contribution in [2.24, 2.45) is 17.8 Å². The molecule has 4 heteroatoms. The second-order valence-corrected chi connectivity index (χ2v) is 4.71. The Bertz CT molecular complexity index is 237. The van der Waals surface area contributed by atoms with Crippen LogP contribution in [0.5, 0.6) is 0 Å². The average molecular weight is 230 g/mol. The molecule has 1 heterocycles. The molecule has 0 spiro atoms. The van der Waals surface area contributed by atoms with Gasteiger partial charge < -0.3 is 14.2 Å². The Morgan fingerprint density at radius 2 is 1.88 bits per heavy atom. The fourth-order valence-electron chi connectivity index (χ4n) is 2.46. The lowest BCUT2D eigenvalue weighted by atomic mass is 9.84. The highest BCUT2D eigenvalue weighted by Gasteiger charge is 2.39. The van der Waals surface area contributed by atoms with Crippen molar-refractivity contribution in [3.8, 4) is 0 Å². The minimum Gasteiger partial charge on any atom is -0.461 e. The number of esters is 1. The topological polar surface area (TPSA) is 44.8 Å². The zero-order valence-electron chi connectivity index (χ0n) is 10.7. The van der Waals surface area contributed by atoms with Crippen LogP contribution in [0.15, 0.2) is 0 Å². The van der Waals surface area contributed by atoms with E-state index in [9.17, 15) is 4.79 Å². The van der Waals surface area contributed by atoms with E-state index in [-0.39, 0.29) is 30.2 Å². The average Bonchev–Trinajstić information content (AvgIpc) is 2.25. The van der Waals surface area contributed by atoms with Crippen LogP contribution in [0.3, 0.4) is 0 Å². The van der Waals surface area contributed by atoms with Crippen LogP contribution in [-0.4, -0.2) is 32.6 Å². The molecular formula is C12H22O4. The molecule has 4 nitrogen and oxygen atoms in total. The highest BCUT2D eigenvalue weighted by atomic mass is 16.7. The van der Waals surface area contributed by atoms with Crippen LogP contribution in [0.25, 0.3) is 0 Å². The SMILES string of the molecule is COC(OC)[C@H](C)[C@H]1OC(=O)[C@H](C)C[C@@H]1C. The van der Waals surface area contributed by atoms with Gasteiger partial charge in [0.25, 0.3) is 0 Å². The Labute approximate surface area is 97.2 Å². The third kappa shape index (κ3) is 2.74. The van der Waals surface area contributed by atoms with E-state index < -0.39 is 0 Å². The van der Waals surface area contributed by atoms with E-state index in [2.05, 4.69) is 6.92 Å². The standard InChI is InChI=1S/C12H22O4/c1-7-6-8(2)11(13)16-10(7)9(3)12(14-4)15-5/h7-10,12H,6H2,1-5H3/t7-,8+,9+,10-/m0/s1. The van der Waals surface area contributed by atoms with E-state index >= 15 is 0 Å². The van der Waals surface area contributed by atoms with Gasteiger partial charge in [-0.2, -0.15) is 0 Å². The van der Waals surface area contributed by atoms with Gasteiger partial charge in [0.15, 0.2) is 6.29 Å². The lowest BCUT2D eigenvalue weighted by molar-refractivity contribution is -0.194. The monoisotopic (exact) mass is 230 g/mol. The van der Waals surface area contributed by atoms with E-state index in [1.54, 1.807) is 14.2 Å². The first kappa shape index (κ1) is 13.5. The molecule has 1 fully saturated rings. The molecule has 4 atom stereocenters. The highest BCUT2D eigenvalue weighted by Crippen LogP contribution is 2.31.